The molecule has 1 fully saturated rings. The van der Waals surface area contributed by atoms with Gasteiger partial charge in [-0.2, -0.15) is 0 Å². The summed E-state index contributed by atoms with van der Waals surface area (Å²) in [6.07, 6.45) is 4.07. The Bertz CT molecular complexity index is 946. The van der Waals surface area contributed by atoms with Crippen LogP contribution in [0.25, 0.3) is 5.57 Å². The van der Waals surface area contributed by atoms with Gasteiger partial charge in [-0.1, -0.05) is 36.4 Å². The van der Waals surface area contributed by atoms with Crippen LogP contribution in [0.4, 0.5) is 8.78 Å². The summed E-state index contributed by atoms with van der Waals surface area (Å²) in [4.78, 5) is 14.0. The highest BCUT2D eigenvalue weighted by molar-refractivity contribution is 5.91. The lowest BCUT2D eigenvalue weighted by Gasteiger charge is -2.39. The Hall–Kier alpha value is -2.53. The smallest absolute Gasteiger partial charge is 0.337 e. The molecular weight excluding hydrogens is 396 g/mol. The van der Waals surface area contributed by atoms with Crippen molar-refractivity contribution in [3.63, 3.8) is 0 Å². The molecule has 1 aliphatic heterocycles. The van der Waals surface area contributed by atoms with Crippen molar-refractivity contribution in [1.82, 2.24) is 4.90 Å². The van der Waals surface area contributed by atoms with Crippen molar-refractivity contribution in [2.24, 2.45) is 5.92 Å². The lowest BCUT2D eigenvalue weighted by atomic mass is 9.89. The molecule has 0 atom stereocenters. The van der Waals surface area contributed by atoms with Crippen LogP contribution in [0, 0.1) is 5.92 Å². The number of fused-ring (bicyclic) bond motifs is 1. The van der Waals surface area contributed by atoms with E-state index in [1.54, 1.807) is 0 Å². The molecule has 5 heteroatoms. The summed E-state index contributed by atoms with van der Waals surface area (Å²) < 4.78 is 29.5. The van der Waals surface area contributed by atoms with Gasteiger partial charge >= 0.3 is 5.97 Å². The number of alkyl halides is 2. The molecular formula is C26H29F2NO2. The molecule has 0 N–H and O–H groups in total. The van der Waals surface area contributed by atoms with Crippen LogP contribution in [-0.2, 0) is 17.6 Å². The number of hydrogen-bond acceptors (Lipinski definition) is 3. The van der Waals surface area contributed by atoms with Crippen LogP contribution in [-0.4, -0.2) is 44.0 Å². The Morgan fingerprint density at radius 1 is 1.16 bits per heavy atom. The van der Waals surface area contributed by atoms with Crippen LogP contribution < -0.4 is 0 Å². The highest BCUT2D eigenvalue weighted by Gasteiger charge is 2.27. The summed E-state index contributed by atoms with van der Waals surface area (Å²) in [5, 5.41) is 0. The molecule has 0 bridgehead atoms. The SMILES string of the molecule is COC(=O)c1ccc2c(c1)CCCC=C2c1ccc(CC2CN(CCC(F)F)C2)cc1. The molecule has 0 unspecified atom stereocenters. The third-order valence-corrected chi connectivity index (χ3v) is 6.30. The zero-order valence-corrected chi connectivity index (χ0v) is 17.9. The predicted molar refractivity (Wildman–Crippen MR) is 118 cm³/mol. The predicted octanol–water partition coefficient (Wildman–Crippen LogP) is 5.37. The van der Waals surface area contributed by atoms with Gasteiger partial charge in [0.2, 0.25) is 6.43 Å². The van der Waals surface area contributed by atoms with Gasteiger partial charge in [-0.3, -0.25) is 0 Å². The number of rotatable bonds is 7. The maximum Gasteiger partial charge on any atom is 0.337 e. The van der Waals surface area contributed by atoms with E-state index in [1.807, 2.05) is 18.2 Å². The van der Waals surface area contributed by atoms with Gasteiger partial charge < -0.3 is 9.64 Å². The first-order chi connectivity index (χ1) is 15.0. The Morgan fingerprint density at radius 3 is 2.65 bits per heavy atom. The molecule has 2 aromatic carbocycles. The van der Waals surface area contributed by atoms with Crippen molar-refractivity contribution in [2.45, 2.75) is 38.5 Å². The maximum atomic E-state index is 12.3. The third-order valence-electron chi connectivity index (χ3n) is 6.30. The van der Waals surface area contributed by atoms with Gasteiger partial charge in [-0.25, -0.2) is 13.6 Å². The summed E-state index contributed by atoms with van der Waals surface area (Å²) in [5.41, 5.74) is 6.67. The van der Waals surface area contributed by atoms with E-state index in [4.69, 9.17) is 4.74 Å². The van der Waals surface area contributed by atoms with Crippen LogP contribution in [0.2, 0.25) is 0 Å². The number of hydrogen-bond donors (Lipinski definition) is 0. The van der Waals surface area contributed by atoms with Crippen LogP contribution in [0.3, 0.4) is 0 Å². The Labute approximate surface area is 182 Å². The number of carbonyl (C=O) groups excluding carboxylic acids is 1. The molecule has 164 valence electrons. The van der Waals surface area contributed by atoms with Crippen molar-refractivity contribution in [3.8, 4) is 0 Å². The lowest BCUT2D eigenvalue weighted by Crippen LogP contribution is -2.48. The monoisotopic (exact) mass is 425 g/mol. The second-order valence-electron chi connectivity index (χ2n) is 8.58. The molecule has 0 amide bonds. The van der Waals surface area contributed by atoms with Crippen LogP contribution in [0.15, 0.2) is 48.5 Å². The van der Waals surface area contributed by atoms with E-state index in [-0.39, 0.29) is 12.4 Å². The average molecular weight is 426 g/mol. The number of allylic oxidation sites excluding steroid dienone is 1. The molecule has 2 aromatic rings. The van der Waals surface area contributed by atoms with Gasteiger partial charge in [0.05, 0.1) is 12.7 Å². The van der Waals surface area contributed by atoms with E-state index in [0.717, 1.165) is 38.8 Å². The first kappa shape index (κ1) is 21.7. The van der Waals surface area contributed by atoms with E-state index in [1.165, 1.54) is 34.9 Å². The highest BCUT2D eigenvalue weighted by atomic mass is 19.3. The van der Waals surface area contributed by atoms with Crippen molar-refractivity contribution in [1.29, 1.82) is 0 Å². The first-order valence-corrected chi connectivity index (χ1v) is 11.0. The molecule has 0 spiro atoms. The minimum Gasteiger partial charge on any atom is -0.465 e. The number of carbonyl (C=O) groups is 1. The summed E-state index contributed by atoms with van der Waals surface area (Å²) in [7, 11) is 1.41. The van der Waals surface area contributed by atoms with E-state index in [2.05, 4.69) is 35.2 Å². The molecule has 3 nitrogen and oxygen atoms in total. The van der Waals surface area contributed by atoms with Gasteiger partial charge in [0.25, 0.3) is 0 Å². The summed E-state index contributed by atoms with van der Waals surface area (Å²) >= 11 is 0. The normalized spacial score (nSPS) is 17.0. The number of likely N-dealkylation sites (tertiary alicyclic amines) is 1. The van der Waals surface area contributed by atoms with E-state index < -0.39 is 6.43 Å². The third kappa shape index (κ3) is 5.21. The van der Waals surface area contributed by atoms with Gasteiger partial charge in [0.15, 0.2) is 0 Å². The molecule has 2 aliphatic rings. The topological polar surface area (TPSA) is 29.5 Å². The number of aryl methyl sites for hydroxylation is 1. The number of halogens is 2. The van der Waals surface area contributed by atoms with Gasteiger partial charge in [-0.15, -0.1) is 0 Å². The minimum atomic E-state index is -2.21. The second-order valence-corrected chi connectivity index (χ2v) is 8.58. The Morgan fingerprint density at radius 2 is 1.94 bits per heavy atom. The summed E-state index contributed by atoms with van der Waals surface area (Å²) in [6.45, 7) is 2.32. The minimum absolute atomic E-state index is 0.0286. The number of nitrogens with zero attached hydrogens (tertiary/aromatic N) is 1. The fraction of sp³-hybridized carbons (Fsp3) is 0.423. The zero-order chi connectivity index (χ0) is 21.8. The first-order valence-electron chi connectivity index (χ1n) is 11.0. The van der Waals surface area contributed by atoms with E-state index in [0.29, 0.717) is 18.0 Å². The molecule has 4 rings (SSSR count). The molecule has 0 saturated carbocycles. The fourth-order valence-electron chi connectivity index (χ4n) is 4.65. The average Bonchev–Trinajstić information content (AvgIpc) is 2.97. The summed E-state index contributed by atoms with van der Waals surface area (Å²) in [5.74, 6) is 0.254. The maximum absolute atomic E-state index is 12.3. The molecule has 0 aromatic heterocycles. The van der Waals surface area contributed by atoms with Crippen LogP contribution >= 0.6 is 0 Å². The molecule has 1 aliphatic carbocycles. The quantitative estimate of drug-likeness (QED) is 0.559. The molecule has 1 heterocycles. The van der Waals surface area contributed by atoms with Crippen LogP contribution in [0.5, 0.6) is 0 Å². The number of methoxy groups -OCH3 is 1. The number of esters is 1. The van der Waals surface area contributed by atoms with Gasteiger partial charge in [-0.05, 0) is 71.6 Å². The molecule has 1 saturated heterocycles. The Kier molecular flexibility index (Phi) is 6.81. The molecule has 0 radical (unpaired) electrons. The van der Waals surface area contributed by atoms with Crippen molar-refractivity contribution in [2.75, 3.05) is 26.7 Å². The number of benzene rings is 2. The number of ether oxygens (including phenoxy) is 1. The van der Waals surface area contributed by atoms with Crippen molar-refractivity contribution < 1.29 is 18.3 Å². The van der Waals surface area contributed by atoms with Gasteiger partial charge in [0.1, 0.15) is 0 Å². The standard InChI is InChI=1S/C26H29F2NO2/c1-31-26(30)22-10-11-24-21(15-22)4-2-3-5-23(24)20-8-6-18(7-9-20)14-19-16-29(17-19)13-12-25(27)28/h5-11,15,19,25H,2-4,12-14,16-17H2,1H3. The zero-order valence-electron chi connectivity index (χ0n) is 17.9. The van der Waals surface area contributed by atoms with E-state index in [9.17, 15) is 13.6 Å². The van der Waals surface area contributed by atoms with E-state index >= 15 is 0 Å². The lowest BCUT2D eigenvalue weighted by molar-refractivity contribution is 0.0600. The van der Waals surface area contributed by atoms with Crippen LogP contribution in [0.1, 0.15) is 51.9 Å². The van der Waals surface area contributed by atoms with Gasteiger partial charge in [0, 0.05) is 26.1 Å². The largest absolute Gasteiger partial charge is 0.465 e. The Balaban J connectivity index is 1.43. The summed E-state index contributed by atoms with van der Waals surface area (Å²) in [6, 6.07) is 14.6. The molecule has 31 heavy (non-hydrogen) atoms. The van der Waals surface area contributed by atoms with Crippen molar-refractivity contribution >= 4 is 11.5 Å². The second kappa shape index (κ2) is 9.73. The van der Waals surface area contributed by atoms with Crippen molar-refractivity contribution in [3.05, 3.63) is 76.4 Å². The fourth-order valence-corrected chi connectivity index (χ4v) is 4.65. The highest BCUT2D eigenvalue weighted by Crippen LogP contribution is 2.32.